The van der Waals surface area contributed by atoms with Crippen LogP contribution in [0.1, 0.15) is 39.0 Å². The SMILES string of the molecule is CC(CN1CCOCC1)Oc1cc2c(NC3CCCCC3)ncnc2cn1. The number of hydrogen-bond acceptors (Lipinski definition) is 7. The maximum atomic E-state index is 6.09. The Balaban J connectivity index is 1.45. The van der Waals surface area contributed by atoms with E-state index in [1.54, 1.807) is 12.5 Å². The Bertz CT molecular complexity index is 744. The third-order valence-corrected chi connectivity index (χ3v) is 5.38. The molecule has 3 heterocycles. The van der Waals surface area contributed by atoms with Gasteiger partial charge in [0.25, 0.3) is 0 Å². The molecular formula is C20H29N5O2. The molecule has 1 N–H and O–H groups in total. The van der Waals surface area contributed by atoms with Gasteiger partial charge in [0.1, 0.15) is 18.2 Å². The van der Waals surface area contributed by atoms with Crippen LogP contribution in [0.4, 0.5) is 5.82 Å². The summed E-state index contributed by atoms with van der Waals surface area (Å²) in [4.78, 5) is 15.7. The lowest BCUT2D eigenvalue weighted by Gasteiger charge is -2.29. The second-order valence-corrected chi connectivity index (χ2v) is 7.58. The van der Waals surface area contributed by atoms with Crippen LogP contribution in [-0.4, -0.2) is 64.8 Å². The molecule has 1 saturated heterocycles. The van der Waals surface area contributed by atoms with Crippen molar-refractivity contribution < 1.29 is 9.47 Å². The molecule has 27 heavy (non-hydrogen) atoms. The molecule has 0 spiro atoms. The number of nitrogens with one attached hydrogen (secondary N) is 1. The molecule has 1 aliphatic carbocycles. The van der Waals surface area contributed by atoms with E-state index in [0.29, 0.717) is 11.9 Å². The van der Waals surface area contributed by atoms with Crippen LogP contribution in [0, 0.1) is 0 Å². The molecule has 146 valence electrons. The predicted molar refractivity (Wildman–Crippen MR) is 105 cm³/mol. The Morgan fingerprint density at radius 1 is 1.19 bits per heavy atom. The first kappa shape index (κ1) is 18.4. The highest BCUT2D eigenvalue weighted by atomic mass is 16.5. The summed E-state index contributed by atoms with van der Waals surface area (Å²) in [5.74, 6) is 1.52. The molecule has 1 aliphatic heterocycles. The summed E-state index contributed by atoms with van der Waals surface area (Å²) in [6.45, 7) is 6.48. The zero-order chi connectivity index (χ0) is 18.5. The van der Waals surface area contributed by atoms with E-state index in [1.807, 2.05) is 6.07 Å². The van der Waals surface area contributed by atoms with Crippen LogP contribution in [0.2, 0.25) is 0 Å². The number of morpholine rings is 1. The van der Waals surface area contributed by atoms with Gasteiger partial charge in [0.15, 0.2) is 0 Å². The number of nitrogens with zero attached hydrogens (tertiary/aromatic N) is 4. The maximum Gasteiger partial charge on any atom is 0.214 e. The number of hydrogen-bond donors (Lipinski definition) is 1. The average molecular weight is 371 g/mol. The second kappa shape index (κ2) is 8.80. The molecule has 2 aliphatic rings. The first-order valence-electron chi connectivity index (χ1n) is 10.1. The molecule has 2 fully saturated rings. The molecule has 2 aromatic heterocycles. The topological polar surface area (TPSA) is 72.4 Å². The number of fused-ring (bicyclic) bond motifs is 1. The van der Waals surface area contributed by atoms with Gasteiger partial charge in [-0.1, -0.05) is 19.3 Å². The van der Waals surface area contributed by atoms with Crippen LogP contribution in [0.3, 0.4) is 0 Å². The Kier molecular flexibility index (Phi) is 5.99. The third kappa shape index (κ3) is 4.84. The van der Waals surface area contributed by atoms with Crippen molar-refractivity contribution in [3.8, 4) is 5.88 Å². The van der Waals surface area contributed by atoms with E-state index in [2.05, 4.69) is 32.1 Å². The number of pyridine rings is 1. The Morgan fingerprint density at radius 2 is 2.00 bits per heavy atom. The highest BCUT2D eigenvalue weighted by Crippen LogP contribution is 2.26. The van der Waals surface area contributed by atoms with E-state index in [9.17, 15) is 0 Å². The summed E-state index contributed by atoms with van der Waals surface area (Å²) in [6, 6.07) is 2.46. The Morgan fingerprint density at radius 3 is 2.81 bits per heavy atom. The van der Waals surface area contributed by atoms with Crippen LogP contribution >= 0.6 is 0 Å². The van der Waals surface area contributed by atoms with Gasteiger partial charge in [-0.3, -0.25) is 4.90 Å². The lowest BCUT2D eigenvalue weighted by molar-refractivity contribution is 0.0213. The molecule has 0 amide bonds. The molecule has 2 aromatic rings. The minimum absolute atomic E-state index is 0.0624. The summed E-state index contributed by atoms with van der Waals surface area (Å²) in [6.07, 6.45) is 9.77. The van der Waals surface area contributed by atoms with Crippen molar-refractivity contribution in [3.05, 3.63) is 18.6 Å². The normalized spacial score (nSPS) is 20.5. The zero-order valence-electron chi connectivity index (χ0n) is 16.1. The van der Waals surface area contributed by atoms with E-state index in [-0.39, 0.29) is 6.10 Å². The number of anilines is 1. The fourth-order valence-electron chi connectivity index (χ4n) is 3.95. The van der Waals surface area contributed by atoms with Gasteiger partial charge < -0.3 is 14.8 Å². The van der Waals surface area contributed by atoms with Gasteiger partial charge in [-0.25, -0.2) is 15.0 Å². The molecule has 0 aromatic carbocycles. The summed E-state index contributed by atoms with van der Waals surface area (Å²) in [7, 11) is 0. The summed E-state index contributed by atoms with van der Waals surface area (Å²) < 4.78 is 11.5. The maximum absolute atomic E-state index is 6.09. The average Bonchev–Trinajstić information content (AvgIpc) is 2.70. The van der Waals surface area contributed by atoms with E-state index in [0.717, 1.165) is 49.6 Å². The smallest absolute Gasteiger partial charge is 0.214 e. The molecule has 4 rings (SSSR count). The van der Waals surface area contributed by atoms with Gasteiger partial charge in [0, 0.05) is 37.1 Å². The fraction of sp³-hybridized carbons (Fsp3) is 0.650. The lowest BCUT2D eigenvalue weighted by atomic mass is 9.95. The second-order valence-electron chi connectivity index (χ2n) is 7.58. The van der Waals surface area contributed by atoms with Crippen molar-refractivity contribution in [2.75, 3.05) is 38.2 Å². The van der Waals surface area contributed by atoms with Gasteiger partial charge >= 0.3 is 0 Å². The van der Waals surface area contributed by atoms with E-state index in [1.165, 1.54) is 32.1 Å². The van der Waals surface area contributed by atoms with Crippen LogP contribution in [0.5, 0.6) is 5.88 Å². The van der Waals surface area contributed by atoms with Crippen molar-refractivity contribution in [3.63, 3.8) is 0 Å². The van der Waals surface area contributed by atoms with Crippen molar-refractivity contribution >= 4 is 16.7 Å². The Hall–Kier alpha value is -1.99. The molecule has 1 saturated carbocycles. The first-order chi connectivity index (χ1) is 13.3. The fourth-order valence-corrected chi connectivity index (χ4v) is 3.95. The van der Waals surface area contributed by atoms with Crippen molar-refractivity contribution in [1.82, 2.24) is 19.9 Å². The highest BCUT2D eigenvalue weighted by molar-refractivity contribution is 5.89. The van der Waals surface area contributed by atoms with Crippen molar-refractivity contribution in [2.24, 2.45) is 0 Å². The number of ether oxygens (including phenoxy) is 2. The lowest BCUT2D eigenvalue weighted by Crippen LogP contribution is -2.41. The minimum atomic E-state index is 0.0624. The molecular weight excluding hydrogens is 342 g/mol. The summed E-state index contributed by atoms with van der Waals surface area (Å²) in [5.41, 5.74) is 0.844. The molecule has 0 bridgehead atoms. The minimum Gasteiger partial charge on any atom is -0.473 e. The summed E-state index contributed by atoms with van der Waals surface area (Å²) >= 11 is 0. The van der Waals surface area contributed by atoms with Gasteiger partial charge in [0.05, 0.1) is 24.9 Å². The van der Waals surface area contributed by atoms with Gasteiger partial charge in [-0.05, 0) is 19.8 Å². The van der Waals surface area contributed by atoms with Gasteiger partial charge in [0.2, 0.25) is 5.88 Å². The van der Waals surface area contributed by atoms with Crippen LogP contribution in [-0.2, 0) is 4.74 Å². The van der Waals surface area contributed by atoms with Crippen molar-refractivity contribution in [1.29, 1.82) is 0 Å². The Labute approximate surface area is 160 Å². The summed E-state index contributed by atoms with van der Waals surface area (Å²) in [5, 5.41) is 4.59. The third-order valence-electron chi connectivity index (χ3n) is 5.38. The monoisotopic (exact) mass is 371 g/mol. The van der Waals surface area contributed by atoms with Crippen LogP contribution in [0.15, 0.2) is 18.6 Å². The highest BCUT2D eigenvalue weighted by Gasteiger charge is 2.17. The molecule has 7 nitrogen and oxygen atoms in total. The van der Waals surface area contributed by atoms with Gasteiger partial charge in [-0.2, -0.15) is 0 Å². The molecule has 1 atom stereocenters. The van der Waals surface area contributed by atoms with Crippen molar-refractivity contribution in [2.45, 2.75) is 51.2 Å². The zero-order valence-corrected chi connectivity index (χ0v) is 16.1. The van der Waals surface area contributed by atoms with Crippen LogP contribution < -0.4 is 10.1 Å². The van der Waals surface area contributed by atoms with Gasteiger partial charge in [-0.15, -0.1) is 0 Å². The number of rotatable bonds is 6. The first-order valence-corrected chi connectivity index (χ1v) is 10.1. The largest absolute Gasteiger partial charge is 0.473 e. The number of aromatic nitrogens is 3. The van der Waals surface area contributed by atoms with Crippen LogP contribution in [0.25, 0.3) is 10.9 Å². The molecule has 0 radical (unpaired) electrons. The molecule has 1 unspecified atom stereocenters. The quantitative estimate of drug-likeness (QED) is 0.837. The van der Waals surface area contributed by atoms with E-state index in [4.69, 9.17) is 9.47 Å². The standard InChI is InChI=1S/C20H29N5O2/c1-15(13-25-7-9-26-10-8-25)27-19-11-17-18(12-21-19)22-14-23-20(17)24-16-5-3-2-4-6-16/h11-12,14-16H,2-10,13H2,1H3,(H,22,23,24). The van der Waals surface area contributed by atoms with E-state index < -0.39 is 0 Å². The molecule has 7 heteroatoms. The van der Waals surface area contributed by atoms with E-state index >= 15 is 0 Å². The predicted octanol–water partition coefficient (Wildman–Crippen LogP) is 2.87.